The molecule has 1 aliphatic heterocycles. The number of rotatable bonds is 3. The highest BCUT2D eigenvalue weighted by Gasteiger charge is 2.22. The minimum atomic E-state index is -0.534. The molecule has 2 aromatic rings. The van der Waals surface area contributed by atoms with Gasteiger partial charge in [-0.3, -0.25) is 4.68 Å². The molecular weight excluding hydrogens is 324 g/mol. The van der Waals surface area contributed by atoms with Crippen molar-refractivity contribution in [3.05, 3.63) is 39.6 Å². The van der Waals surface area contributed by atoms with Gasteiger partial charge >= 0.3 is 0 Å². The molecule has 1 aliphatic rings. The van der Waals surface area contributed by atoms with Crippen LogP contribution in [0.15, 0.2) is 22.7 Å². The Hall–Kier alpha value is -1.53. The van der Waals surface area contributed by atoms with E-state index in [0.29, 0.717) is 24.7 Å². The molecule has 0 radical (unpaired) electrons. The Balaban J connectivity index is 1.76. The molecule has 1 aromatic carbocycles. The lowest BCUT2D eigenvalue weighted by atomic mass is 10.1. The molecule has 5 nitrogen and oxygen atoms in total. The van der Waals surface area contributed by atoms with Crippen LogP contribution in [0.1, 0.15) is 23.1 Å². The van der Waals surface area contributed by atoms with Gasteiger partial charge in [0.15, 0.2) is 0 Å². The number of hydrogen-bond acceptors (Lipinski definition) is 4. The smallest absolute Gasteiger partial charge is 0.131 e. The largest absolute Gasteiger partial charge is 0.490 e. The molecule has 0 saturated heterocycles. The number of fused-ring (bicyclic) bond motifs is 1. The van der Waals surface area contributed by atoms with E-state index in [9.17, 15) is 5.11 Å². The summed E-state index contributed by atoms with van der Waals surface area (Å²) in [6.07, 6.45) is -0.534. The number of benzene rings is 1. The zero-order valence-electron chi connectivity index (χ0n) is 11.3. The summed E-state index contributed by atoms with van der Waals surface area (Å²) in [5.74, 6) is 1.40. The van der Waals surface area contributed by atoms with Crippen molar-refractivity contribution in [1.82, 2.24) is 9.78 Å². The van der Waals surface area contributed by atoms with Crippen molar-refractivity contribution in [2.75, 3.05) is 6.61 Å². The molecule has 20 heavy (non-hydrogen) atoms. The number of aromatic nitrogens is 2. The minimum Gasteiger partial charge on any atom is -0.490 e. The van der Waals surface area contributed by atoms with Gasteiger partial charge in [0, 0.05) is 18.7 Å². The number of aliphatic hydroxyl groups excluding tert-OH is 1. The van der Waals surface area contributed by atoms with Gasteiger partial charge in [-0.15, -0.1) is 0 Å². The quantitative estimate of drug-likeness (QED) is 0.934. The molecule has 6 heteroatoms. The summed E-state index contributed by atoms with van der Waals surface area (Å²) in [6, 6.07) is 5.49. The van der Waals surface area contributed by atoms with Crippen LogP contribution in [0.2, 0.25) is 0 Å². The highest BCUT2D eigenvalue weighted by Crippen LogP contribution is 2.35. The van der Waals surface area contributed by atoms with E-state index >= 15 is 0 Å². The maximum Gasteiger partial charge on any atom is 0.131 e. The first kappa shape index (κ1) is 13.5. The summed E-state index contributed by atoms with van der Waals surface area (Å²) < 4.78 is 13.9. The number of hydrogen-bond donors (Lipinski definition) is 1. The molecule has 1 aromatic heterocycles. The van der Waals surface area contributed by atoms with Crippen LogP contribution in [-0.4, -0.2) is 21.5 Å². The number of halogens is 1. The molecule has 1 unspecified atom stereocenters. The fourth-order valence-corrected chi connectivity index (χ4v) is 2.70. The molecule has 3 rings (SSSR count). The molecule has 2 heterocycles. The van der Waals surface area contributed by atoms with E-state index in [1.165, 1.54) is 0 Å². The van der Waals surface area contributed by atoms with Crippen LogP contribution in [0.3, 0.4) is 0 Å². The molecule has 0 spiro atoms. The SMILES string of the molecule is Cc1nn(C)c(COc2ccc3c(c2)OCC3O)c1Br. The molecule has 0 saturated carbocycles. The molecule has 0 bridgehead atoms. The van der Waals surface area contributed by atoms with Gasteiger partial charge < -0.3 is 14.6 Å². The molecule has 1 atom stereocenters. The van der Waals surface area contributed by atoms with E-state index in [1.54, 1.807) is 4.68 Å². The summed E-state index contributed by atoms with van der Waals surface area (Å²) in [4.78, 5) is 0. The Bertz CT molecular complexity index is 654. The zero-order valence-corrected chi connectivity index (χ0v) is 12.8. The molecule has 1 N–H and O–H groups in total. The normalized spacial score (nSPS) is 16.9. The molecule has 106 valence electrons. The van der Waals surface area contributed by atoms with E-state index in [0.717, 1.165) is 21.4 Å². The Kier molecular flexibility index (Phi) is 3.43. The third kappa shape index (κ3) is 2.29. The van der Waals surface area contributed by atoms with E-state index in [2.05, 4.69) is 21.0 Å². The van der Waals surface area contributed by atoms with Gasteiger partial charge in [-0.2, -0.15) is 5.10 Å². The first-order valence-corrected chi connectivity index (χ1v) is 7.11. The van der Waals surface area contributed by atoms with E-state index in [1.807, 2.05) is 32.2 Å². The van der Waals surface area contributed by atoms with Gasteiger partial charge in [0.1, 0.15) is 30.8 Å². The maximum atomic E-state index is 9.67. The van der Waals surface area contributed by atoms with Crippen molar-refractivity contribution < 1.29 is 14.6 Å². The van der Waals surface area contributed by atoms with Crippen molar-refractivity contribution in [2.24, 2.45) is 7.05 Å². The topological polar surface area (TPSA) is 56.5 Å². The van der Waals surface area contributed by atoms with E-state index < -0.39 is 6.10 Å². The van der Waals surface area contributed by atoms with Crippen LogP contribution in [0, 0.1) is 6.92 Å². The second-order valence-electron chi connectivity index (χ2n) is 4.78. The second kappa shape index (κ2) is 5.10. The minimum absolute atomic E-state index is 0.311. The molecule has 0 fully saturated rings. The Morgan fingerprint density at radius 2 is 2.35 bits per heavy atom. The van der Waals surface area contributed by atoms with Crippen LogP contribution >= 0.6 is 15.9 Å². The van der Waals surface area contributed by atoms with Crippen molar-refractivity contribution in [1.29, 1.82) is 0 Å². The monoisotopic (exact) mass is 338 g/mol. The van der Waals surface area contributed by atoms with Gasteiger partial charge in [0.2, 0.25) is 0 Å². The van der Waals surface area contributed by atoms with Crippen LogP contribution in [0.25, 0.3) is 0 Å². The maximum absolute atomic E-state index is 9.67. The van der Waals surface area contributed by atoms with E-state index in [-0.39, 0.29) is 0 Å². The Morgan fingerprint density at radius 1 is 1.55 bits per heavy atom. The third-order valence-electron chi connectivity index (χ3n) is 3.38. The highest BCUT2D eigenvalue weighted by molar-refractivity contribution is 9.10. The van der Waals surface area contributed by atoms with Gasteiger partial charge in [-0.25, -0.2) is 0 Å². The van der Waals surface area contributed by atoms with Crippen molar-refractivity contribution in [3.8, 4) is 11.5 Å². The van der Waals surface area contributed by atoms with Crippen LogP contribution in [0.4, 0.5) is 0 Å². The van der Waals surface area contributed by atoms with Gasteiger partial charge in [-0.1, -0.05) is 0 Å². The predicted molar refractivity (Wildman–Crippen MR) is 76.9 cm³/mol. The van der Waals surface area contributed by atoms with Crippen molar-refractivity contribution in [2.45, 2.75) is 19.6 Å². The van der Waals surface area contributed by atoms with Gasteiger partial charge in [0.05, 0.1) is 15.9 Å². The van der Waals surface area contributed by atoms with Crippen LogP contribution in [-0.2, 0) is 13.7 Å². The molecule has 0 amide bonds. The average Bonchev–Trinajstić information content (AvgIpc) is 2.90. The van der Waals surface area contributed by atoms with Gasteiger partial charge in [-0.05, 0) is 35.0 Å². The Morgan fingerprint density at radius 3 is 3.05 bits per heavy atom. The fraction of sp³-hybridized carbons (Fsp3) is 0.357. The Labute approximate surface area is 125 Å². The summed E-state index contributed by atoms with van der Waals surface area (Å²) in [5.41, 5.74) is 2.73. The average molecular weight is 339 g/mol. The molecule has 0 aliphatic carbocycles. The predicted octanol–water partition coefficient (Wildman–Crippen LogP) is 2.50. The fourth-order valence-electron chi connectivity index (χ4n) is 2.25. The van der Waals surface area contributed by atoms with Crippen molar-refractivity contribution in [3.63, 3.8) is 0 Å². The standard InChI is InChI=1S/C14H15BrN2O3/c1-8-14(15)11(17(2)16-8)6-19-9-3-4-10-12(18)7-20-13(10)5-9/h3-5,12,18H,6-7H2,1-2H3. The lowest BCUT2D eigenvalue weighted by molar-refractivity contribution is 0.140. The van der Waals surface area contributed by atoms with Gasteiger partial charge in [0.25, 0.3) is 0 Å². The third-order valence-corrected chi connectivity index (χ3v) is 4.41. The summed E-state index contributed by atoms with van der Waals surface area (Å²) in [5, 5.41) is 14.0. The number of aliphatic hydroxyl groups is 1. The summed E-state index contributed by atoms with van der Waals surface area (Å²) in [7, 11) is 1.89. The highest BCUT2D eigenvalue weighted by atomic mass is 79.9. The lowest BCUT2D eigenvalue weighted by Gasteiger charge is -2.08. The first-order valence-electron chi connectivity index (χ1n) is 6.32. The number of aryl methyl sites for hydroxylation is 2. The zero-order chi connectivity index (χ0) is 14.3. The first-order chi connectivity index (χ1) is 9.56. The second-order valence-corrected chi connectivity index (χ2v) is 5.58. The number of nitrogens with zero attached hydrogens (tertiary/aromatic N) is 2. The van der Waals surface area contributed by atoms with Crippen molar-refractivity contribution >= 4 is 15.9 Å². The number of ether oxygens (including phenoxy) is 2. The summed E-state index contributed by atoms with van der Waals surface area (Å²) >= 11 is 3.51. The van der Waals surface area contributed by atoms with E-state index in [4.69, 9.17) is 9.47 Å². The van der Waals surface area contributed by atoms with Crippen LogP contribution in [0.5, 0.6) is 11.5 Å². The molecular formula is C14H15BrN2O3. The summed E-state index contributed by atoms with van der Waals surface area (Å²) in [6.45, 7) is 2.67. The van der Waals surface area contributed by atoms with Crippen LogP contribution < -0.4 is 9.47 Å². The lowest BCUT2D eigenvalue weighted by Crippen LogP contribution is -2.03.